The fraction of sp³-hybridized carbons (Fsp3) is 0.714. The van der Waals surface area contributed by atoms with Crippen molar-refractivity contribution in [2.24, 2.45) is 5.92 Å². The summed E-state index contributed by atoms with van der Waals surface area (Å²) in [5.74, 6) is 0.743. The van der Waals surface area contributed by atoms with Crippen molar-refractivity contribution in [1.29, 1.82) is 0 Å². The first kappa shape index (κ1) is 13.5. The van der Waals surface area contributed by atoms with Gasteiger partial charge in [0, 0.05) is 0 Å². The van der Waals surface area contributed by atoms with E-state index < -0.39 is 0 Å². The molecular formula is C14H26. The van der Waals surface area contributed by atoms with E-state index in [1.165, 1.54) is 38.5 Å². The van der Waals surface area contributed by atoms with E-state index in [0.717, 1.165) is 5.92 Å². The predicted molar refractivity (Wildman–Crippen MR) is 66.5 cm³/mol. The number of hydrogen-bond donors (Lipinski definition) is 0. The van der Waals surface area contributed by atoms with Gasteiger partial charge >= 0.3 is 0 Å². The first-order chi connectivity index (χ1) is 6.81. The SMILES string of the molecule is CC=CC=CC(C)CCCCCCC. The molecule has 0 aliphatic rings. The van der Waals surface area contributed by atoms with Crippen LogP contribution in [-0.4, -0.2) is 0 Å². The average molecular weight is 194 g/mol. The Kier molecular flexibility index (Phi) is 10.2. The van der Waals surface area contributed by atoms with Crippen molar-refractivity contribution in [2.45, 2.75) is 59.3 Å². The van der Waals surface area contributed by atoms with Crippen LogP contribution in [0.1, 0.15) is 59.3 Å². The Morgan fingerprint density at radius 1 is 1.00 bits per heavy atom. The van der Waals surface area contributed by atoms with Crippen LogP contribution in [0.3, 0.4) is 0 Å². The van der Waals surface area contributed by atoms with E-state index in [9.17, 15) is 0 Å². The second kappa shape index (κ2) is 10.6. The van der Waals surface area contributed by atoms with Gasteiger partial charge in [0.25, 0.3) is 0 Å². The molecule has 0 amide bonds. The van der Waals surface area contributed by atoms with E-state index in [1.54, 1.807) is 0 Å². The van der Waals surface area contributed by atoms with E-state index in [0.29, 0.717) is 0 Å². The van der Waals surface area contributed by atoms with Gasteiger partial charge in [0.1, 0.15) is 0 Å². The molecule has 0 aromatic heterocycles. The highest BCUT2D eigenvalue weighted by Gasteiger charge is 1.95. The number of hydrogen-bond acceptors (Lipinski definition) is 0. The van der Waals surface area contributed by atoms with Crippen LogP contribution in [0.2, 0.25) is 0 Å². The molecule has 0 aromatic rings. The molecule has 0 heteroatoms. The summed E-state index contributed by atoms with van der Waals surface area (Å²) in [6.07, 6.45) is 17.0. The summed E-state index contributed by atoms with van der Waals surface area (Å²) in [5.41, 5.74) is 0. The van der Waals surface area contributed by atoms with Crippen molar-refractivity contribution in [3.05, 3.63) is 24.3 Å². The van der Waals surface area contributed by atoms with Gasteiger partial charge < -0.3 is 0 Å². The van der Waals surface area contributed by atoms with E-state index in [4.69, 9.17) is 0 Å². The van der Waals surface area contributed by atoms with Crippen molar-refractivity contribution in [1.82, 2.24) is 0 Å². The molecule has 14 heavy (non-hydrogen) atoms. The van der Waals surface area contributed by atoms with Gasteiger partial charge in [-0.2, -0.15) is 0 Å². The highest BCUT2D eigenvalue weighted by atomic mass is 14.0. The lowest BCUT2D eigenvalue weighted by molar-refractivity contribution is 0.550. The lowest BCUT2D eigenvalue weighted by Gasteiger charge is -2.04. The Labute approximate surface area is 90.1 Å². The predicted octanol–water partition coefficient (Wildman–Crippen LogP) is 5.12. The van der Waals surface area contributed by atoms with Crippen LogP contribution in [0, 0.1) is 5.92 Å². The maximum absolute atomic E-state index is 2.31. The Balaban J connectivity index is 3.30. The first-order valence-corrected chi connectivity index (χ1v) is 6.10. The Morgan fingerprint density at radius 3 is 2.36 bits per heavy atom. The van der Waals surface area contributed by atoms with Crippen LogP contribution in [-0.2, 0) is 0 Å². The zero-order chi connectivity index (χ0) is 10.6. The molecule has 0 rings (SSSR count). The molecule has 0 aromatic carbocycles. The molecule has 1 atom stereocenters. The van der Waals surface area contributed by atoms with Gasteiger partial charge in [0.05, 0.1) is 0 Å². The van der Waals surface area contributed by atoms with Crippen LogP contribution in [0.25, 0.3) is 0 Å². The topological polar surface area (TPSA) is 0 Å². The molecule has 0 spiro atoms. The van der Waals surface area contributed by atoms with E-state index >= 15 is 0 Å². The minimum atomic E-state index is 0.743. The summed E-state index contributed by atoms with van der Waals surface area (Å²) < 4.78 is 0. The van der Waals surface area contributed by atoms with Gasteiger partial charge in [0.2, 0.25) is 0 Å². The number of allylic oxidation sites excluding steroid dienone is 4. The normalized spacial score (nSPS) is 14.2. The van der Waals surface area contributed by atoms with Crippen molar-refractivity contribution in [3.8, 4) is 0 Å². The molecular weight excluding hydrogens is 168 g/mol. The van der Waals surface area contributed by atoms with Crippen LogP contribution in [0.5, 0.6) is 0 Å². The van der Waals surface area contributed by atoms with Gasteiger partial charge in [-0.1, -0.05) is 70.3 Å². The van der Waals surface area contributed by atoms with Crippen molar-refractivity contribution in [2.75, 3.05) is 0 Å². The monoisotopic (exact) mass is 194 g/mol. The average Bonchev–Trinajstić information content (AvgIpc) is 2.18. The molecule has 0 heterocycles. The molecule has 1 unspecified atom stereocenters. The molecule has 0 fully saturated rings. The summed E-state index contributed by atoms with van der Waals surface area (Å²) in [5, 5.41) is 0. The van der Waals surface area contributed by atoms with Crippen LogP contribution in [0.4, 0.5) is 0 Å². The van der Waals surface area contributed by atoms with Crippen molar-refractivity contribution < 1.29 is 0 Å². The van der Waals surface area contributed by atoms with Crippen LogP contribution in [0.15, 0.2) is 24.3 Å². The minimum Gasteiger partial charge on any atom is -0.0877 e. The second-order valence-electron chi connectivity index (χ2n) is 4.09. The van der Waals surface area contributed by atoms with Crippen molar-refractivity contribution >= 4 is 0 Å². The smallest absolute Gasteiger partial charge is 0.0259 e. The van der Waals surface area contributed by atoms with Gasteiger partial charge in [-0.3, -0.25) is 0 Å². The first-order valence-electron chi connectivity index (χ1n) is 6.10. The van der Waals surface area contributed by atoms with Crippen molar-refractivity contribution in [3.63, 3.8) is 0 Å². The maximum Gasteiger partial charge on any atom is -0.0259 e. The standard InChI is InChI=1S/C14H26/c1-4-6-8-9-11-13-14(3)12-10-7-5-2/h5,7,10,12,14H,4,6,8-9,11,13H2,1-3H3. The van der Waals surface area contributed by atoms with E-state index in [1.807, 2.05) is 0 Å². The summed E-state index contributed by atoms with van der Waals surface area (Å²) in [6, 6.07) is 0. The van der Waals surface area contributed by atoms with Gasteiger partial charge in [0.15, 0.2) is 0 Å². The lowest BCUT2D eigenvalue weighted by atomic mass is 10.0. The zero-order valence-corrected chi connectivity index (χ0v) is 10.1. The molecule has 0 saturated carbocycles. The largest absolute Gasteiger partial charge is 0.0877 e. The van der Waals surface area contributed by atoms with Crippen LogP contribution >= 0.6 is 0 Å². The lowest BCUT2D eigenvalue weighted by Crippen LogP contribution is -1.89. The molecule has 0 nitrogen and oxygen atoms in total. The zero-order valence-electron chi connectivity index (χ0n) is 10.1. The van der Waals surface area contributed by atoms with E-state index in [-0.39, 0.29) is 0 Å². The van der Waals surface area contributed by atoms with Gasteiger partial charge in [-0.25, -0.2) is 0 Å². The maximum atomic E-state index is 2.31. The molecule has 0 radical (unpaired) electrons. The third kappa shape index (κ3) is 9.57. The van der Waals surface area contributed by atoms with E-state index in [2.05, 4.69) is 45.1 Å². The summed E-state index contributed by atoms with van der Waals surface area (Å²) in [4.78, 5) is 0. The fourth-order valence-corrected chi connectivity index (χ4v) is 1.53. The fourth-order valence-electron chi connectivity index (χ4n) is 1.53. The second-order valence-corrected chi connectivity index (χ2v) is 4.09. The number of unbranched alkanes of at least 4 members (excludes halogenated alkanes) is 4. The quantitative estimate of drug-likeness (QED) is 0.372. The highest BCUT2D eigenvalue weighted by Crippen LogP contribution is 2.12. The van der Waals surface area contributed by atoms with Gasteiger partial charge in [-0.15, -0.1) is 0 Å². The summed E-state index contributed by atoms with van der Waals surface area (Å²) in [6.45, 7) is 6.63. The molecule has 82 valence electrons. The summed E-state index contributed by atoms with van der Waals surface area (Å²) >= 11 is 0. The molecule has 0 N–H and O–H groups in total. The Bertz CT molecular complexity index is 153. The minimum absolute atomic E-state index is 0.743. The van der Waals surface area contributed by atoms with Crippen LogP contribution < -0.4 is 0 Å². The molecule has 0 bridgehead atoms. The summed E-state index contributed by atoms with van der Waals surface area (Å²) in [7, 11) is 0. The Morgan fingerprint density at radius 2 is 1.71 bits per heavy atom. The third-order valence-electron chi connectivity index (χ3n) is 2.51. The Hall–Kier alpha value is -0.520. The van der Waals surface area contributed by atoms with Gasteiger partial charge in [-0.05, 0) is 19.3 Å². The molecule has 0 aliphatic carbocycles. The number of rotatable bonds is 8. The third-order valence-corrected chi connectivity index (χ3v) is 2.51. The highest BCUT2D eigenvalue weighted by molar-refractivity contribution is 5.02. The molecule has 0 aliphatic heterocycles. The molecule has 0 saturated heterocycles.